The van der Waals surface area contributed by atoms with Crippen molar-refractivity contribution in [3.8, 4) is 0 Å². The molecule has 0 aliphatic heterocycles. The van der Waals surface area contributed by atoms with Gasteiger partial charge in [0.2, 0.25) is 11.8 Å². The van der Waals surface area contributed by atoms with Crippen LogP contribution in [0.15, 0.2) is 0 Å². The molecule has 0 aromatic carbocycles. The Bertz CT molecular complexity index is 976. The first-order chi connectivity index (χ1) is 19.8. The molecule has 2 amide bonds. The quantitative estimate of drug-likeness (QED) is 0.220. The third kappa shape index (κ3) is 6.84. The number of aliphatic hydroxyl groups is 1. The Morgan fingerprint density at radius 2 is 1.60 bits per heavy atom. The Kier molecular flexibility index (Phi) is 11.0. The molecule has 4 rings (SSSR count). The van der Waals surface area contributed by atoms with Crippen LogP contribution in [-0.4, -0.2) is 58.2 Å². The topological polar surface area (TPSA) is 116 Å². The van der Waals surface area contributed by atoms with Crippen molar-refractivity contribution in [2.75, 3.05) is 12.0 Å². The van der Waals surface area contributed by atoms with E-state index in [9.17, 15) is 24.6 Å². The molecule has 7 nitrogen and oxygen atoms in total. The van der Waals surface area contributed by atoms with Gasteiger partial charge in [-0.05, 0) is 135 Å². The van der Waals surface area contributed by atoms with Crippen molar-refractivity contribution in [3.63, 3.8) is 0 Å². The molecule has 0 aromatic heterocycles. The molecule has 11 atom stereocenters. The molecule has 0 saturated heterocycles. The fourth-order valence-corrected chi connectivity index (χ4v) is 10.8. The largest absolute Gasteiger partial charge is 0.480 e. The smallest absolute Gasteiger partial charge is 0.326 e. The number of aliphatic hydroxyl groups excluding tert-OH is 1. The Balaban J connectivity index is 1.32. The third-order valence-electron chi connectivity index (χ3n) is 12.7. The van der Waals surface area contributed by atoms with E-state index in [1.165, 1.54) is 44.9 Å². The fraction of sp³-hybridized carbons (Fsp3) is 0.912. The molecule has 4 fully saturated rings. The molecular formula is C34H58N2O5S. The first kappa shape index (κ1) is 33.6. The lowest BCUT2D eigenvalue weighted by molar-refractivity contribution is -0.142. The van der Waals surface area contributed by atoms with Crippen LogP contribution in [0.1, 0.15) is 112 Å². The molecule has 4 aliphatic carbocycles. The number of amides is 2. The van der Waals surface area contributed by atoms with E-state index in [-0.39, 0.29) is 17.9 Å². The summed E-state index contributed by atoms with van der Waals surface area (Å²) in [5, 5.41) is 25.5. The lowest BCUT2D eigenvalue weighted by Crippen LogP contribution is -2.54. The minimum Gasteiger partial charge on any atom is -0.480 e. The van der Waals surface area contributed by atoms with Crippen molar-refractivity contribution in [2.24, 2.45) is 52.3 Å². The molecule has 0 spiro atoms. The minimum absolute atomic E-state index is 0.0979. The molecule has 4 saturated carbocycles. The van der Waals surface area contributed by atoms with Gasteiger partial charge in [-0.3, -0.25) is 9.59 Å². The Labute approximate surface area is 258 Å². The van der Waals surface area contributed by atoms with Crippen LogP contribution < -0.4 is 10.6 Å². The lowest BCUT2D eigenvalue weighted by Gasteiger charge is -2.61. The predicted molar refractivity (Wildman–Crippen MR) is 169 cm³/mol. The summed E-state index contributed by atoms with van der Waals surface area (Å²) in [7, 11) is 0. The van der Waals surface area contributed by atoms with E-state index < -0.39 is 24.0 Å². The van der Waals surface area contributed by atoms with Crippen LogP contribution in [-0.2, 0) is 14.4 Å². The van der Waals surface area contributed by atoms with Gasteiger partial charge in [0.15, 0.2) is 0 Å². The fourth-order valence-electron chi connectivity index (χ4n) is 10.3. The van der Waals surface area contributed by atoms with Gasteiger partial charge >= 0.3 is 5.97 Å². The first-order valence-corrected chi connectivity index (χ1v) is 18.2. The van der Waals surface area contributed by atoms with Gasteiger partial charge in [0.1, 0.15) is 12.1 Å². The Morgan fingerprint density at radius 3 is 2.26 bits per heavy atom. The molecular weight excluding hydrogens is 548 g/mol. The first-order valence-electron chi connectivity index (χ1n) is 16.8. The van der Waals surface area contributed by atoms with Crippen molar-refractivity contribution < 1.29 is 24.6 Å². The van der Waals surface area contributed by atoms with E-state index >= 15 is 0 Å². The van der Waals surface area contributed by atoms with Gasteiger partial charge in [0, 0.05) is 6.42 Å². The number of aliphatic carboxylic acids is 1. The molecule has 4 aliphatic rings. The second-order valence-corrected chi connectivity index (χ2v) is 16.3. The van der Waals surface area contributed by atoms with Crippen LogP contribution >= 0.6 is 11.8 Å². The summed E-state index contributed by atoms with van der Waals surface area (Å²) in [6.45, 7) is 11.2. The molecule has 0 radical (unpaired) electrons. The zero-order chi connectivity index (χ0) is 30.8. The van der Waals surface area contributed by atoms with Crippen LogP contribution in [0, 0.1) is 52.3 Å². The van der Waals surface area contributed by atoms with E-state index in [0.717, 1.165) is 37.0 Å². The van der Waals surface area contributed by atoms with Gasteiger partial charge in [-0.15, -0.1) is 0 Å². The van der Waals surface area contributed by atoms with Crippen LogP contribution in [0.25, 0.3) is 0 Å². The normalized spacial score (nSPS) is 38.0. The zero-order valence-corrected chi connectivity index (χ0v) is 27.8. The predicted octanol–water partition coefficient (Wildman–Crippen LogP) is 5.89. The highest BCUT2D eigenvalue weighted by Gasteiger charge is 2.60. The summed E-state index contributed by atoms with van der Waals surface area (Å²) in [6, 6.07) is -1.69. The molecule has 42 heavy (non-hydrogen) atoms. The molecule has 4 N–H and O–H groups in total. The van der Waals surface area contributed by atoms with Crippen molar-refractivity contribution >= 4 is 29.5 Å². The Hall–Kier alpha value is -1.28. The number of carbonyl (C=O) groups excluding carboxylic acids is 2. The van der Waals surface area contributed by atoms with Gasteiger partial charge in [-0.25, -0.2) is 4.79 Å². The number of hydrogen-bond donors (Lipinski definition) is 4. The van der Waals surface area contributed by atoms with Crippen LogP contribution in [0.3, 0.4) is 0 Å². The maximum atomic E-state index is 13.1. The summed E-state index contributed by atoms with van der Waals surface area (Å²) >= 11 is 1.54. The van der Waals surface area contributed by atoms with Gasteiger partial charge < -0.3 is 20.8 Å². The van der Waals surface area contributed by atoms with E-state index in [1.54, 1.807) is 11.8 Å². The molecule has 8 heteroatoms. The van der Waals surface area contributed by atoms with Crippen LogP contribution in [0.2, 0.25) is 0 Å². The SMILES string of the molecule is CSCC[C@H](NC(=O)[C@@H](NC(=O)CC[C@@H](C)[C@H]1CC[C@H]2[C@@H]3CC[C@@H]4C[C@H](O)CC[C@]4(C)[C@H]3CC[C@]12C)C(C)C)C(=O)O. The highest BCUT2D eigenvalue weighted by molar-refractivity contribution is 7.98. The number of carboxylic acid groups (broad SMARTS) is 1. The van der Waals surface area contributed by atoms with Crippen LogP contribution in [0.5, 0.6) is 0 Å². The summed E-state index contributed by atoms with van der Waals surface area (Å²) in [5.74, 6) is 3.01. The standard InChI is InChI=1S/C34H58N2O5S/c1-20(2)30(31(39)35-28(32(40)41)15-18-42-6)36-29(38)12-7-21(3)25-10-11-26-24-9-8-22-19-23(37)13-16-33(22,4)27(24)14-17-34(25,26)5/h20-28,30,37H,7-19H2,1-6H3,(H,35,39)(H,36,38)(H,40,41)/t21-,22-,23-,24+,25-,26+,27+,28+,30+,33+,34-/m1/s1. The van der Waals surface area contributed by atoms with Gasteiger partial charge in [-0.2, -0.15) is 11.8 Å². The number of rotatable bonds is 12. The van der Waals surface area contributed by atoms with E-state index in [4.69, 9.17) is 0 Å². The van der Waals surface area contributed by atoms with Crippen molar-refractivity contribution in [3.05, 3.63) is 0 Å². The minimum atomic E-state index is -1.04. The zero-order valence-electron chi connectivity index (χ0n) is 27.0. The van der Waals surface area contributed by atoms with Crippen LogP contribution in [0.4, 0.5) is 0 Å². The van der Waals surface area contributed by atoms with Gasteiger partial charge in [0.25, 0.3) is 0 Å². The van der Waals surface area contributed by atoms with Gasteiger partial charge in [-0.1, -0.05) is 34.6 Å². The monoisotopic (exact) mass is 606 g/mol. The van der Waals surface area contributed by atoms with E-state index in [0.29, 0.717) is 47.2 Å². The second-order valence-electron chi connectivity index (χ2n) is 15.3. The maximum absolute atomic E-state index is 13.1. The lowest BCUT2D eigenvalue weighted by atomic mass is 9.44. The van der Waals surface area contributed by atoms with Gasteiger partial charge in [0.05, 0.1) is 6.10 Å². The summed E-state index contributed by atoms with van der Waals surface area (Å²) < 4.78 is 0. The molecule has 0 bridgehead atoms. The summed E-state index contributed by atoms with van der Waals surface area (Å²) in [4.78, 5) is 37.7. The van der Waals surface area contributed by atoms with Crippen molar-refractivity contribution in [1.82, 2.24) is 10.6 Å². The highest BCUT2D eigenvalue weighted by Crippen LogP contribution is 2.68. The highest BCUT2D eigenvalue weighted by atomic mass is 32.2. The van der Waals surface area contributed by atoms with E-state index in [2.05, 4.69) is 31.4 Å². The number of fused-ring (bicyclic) bond motifs is 5. The van der Waals surface area contributed by atoms with E-state index in [1.807, 2.05) is 20.1 Å². The summed E-state index contributed by atoms with van der Waals surface area (Å²) in [6.07, 6.45) is 14.2. The second kappa shape index (κ2) is 13.8. The number of hydrogen-bond acceptors (Lipinski definition) is 5. The molecule has 0 unspecified atom stereocenters. The third-order valence-corrected chi connectivity index (χ3v) is 13.4. The number of carboxylic acids is 1. The number of nitrogens with one attached hydrogen (secondary N) is 2. The molecule has 0 aromatic rings. The Morgan fingerprint density at radius 1 is 0.905 bits per heavy atom. The average molecular weight is 607 g/mol. The average Bonchev–Trinajstić information content (AvgIpc) is 3.29. The molecule has 240 valence electrons. The number of carbonyl (C=O) groups is 3. The van der Waals surface area contributed by atoms with Crippen molar-refractivity contribution in [1.29, 1.82) is 0 Å². The number of thioether (sulfide) groups is 1. The molecule has 0 heterocycles. The maximum Gasteiger partial charge on any atom is 0.326 e. The summed E-state index contributed by atoms with van der Waals surface area (Å²) in [5.41, 5.74) is 0.724. The van der Waals surface area contributed by atoms with Crippen molar-refractivity contribution in [2.45, 2.75) is 130 Å².